The van der Waals surface area contributed by atoms with Crippen LogP contribution in [0, 0.1) is 5.92 Å². The lowest BCUT2D eigenvalue weighted by Crippen LogP contribution is -2.45. The Balaban J connectivity index is 1.96. The highest BCUT2D eigenvalue weighted by atomic mass is 16.5. The highest BCUT2D eigenvalue weighted by Gasteiger charge is 2.25. The number of carbonyl (C=O) groups is 2. The maximum absolute atomic E-state index is 12.3. The molecule has 0 aromatic carbocycles. The van der Waals surface area contributed by atoms with Crippen LogP contribution in [0.5, 0.6) is 5.88 Å². The van der Waals surface area contributed by atoms with E-state index in [9.17, 15) is 9.59 Å². The zero-order valence-corrected chi connectivity index (χ0v) is 14.3. The minimum absolute atomic E-state index is 0.0783. The number of carbonyl (C=O) groups excluding carboxylic acids is 2. The molecular formula is C17H24N2O5. The number of nitrogens with zero attached hydrogens (tertiary/aromatic N) is 1. The number of rotatable bonds is 6. The van der Waals surface area contributed by atoms with Crippen molar-refractivity contribution in [3.05, 3.63) is 23.9 Å². The minimum Gasteiger partial charge on any atom is -0.474 e. The predicted molar refractivity (Wildman–Crippen MR) is 86.8 cm³/mol. The number of ether oxygens (including phenoxy) is 3. The smallest absolute Gasteiger partial charge is 0.328 e. The standard InChI is InChI=1S/C17H24N2O5/c1-11(2)15(17(21)22-3)19-16(20)12-4-5-14(18-10-12)24-13-6-8-23-9-7-13/h4-5,10-11,13,15H,6-9H2,1-3H3,(H,19,20)/t15-/m0/s1. The molecule has 0 aliphatic carbocycles. The molecule has 2 rings (SSSR count). The Kier molecular flexibility index (Phi) is 6.54. The molecule has 0 spiro atoms. The number of pyridine rings is 1. The third-order valence-electron chi connectivity index (χ3n) is 3.86. The van der Waals surface area contributed by atoms with Crippen molar-refractivity contribution in [3.8, 4) is 5.88 Å². The number of nitrogens with one attached hydrogen (secondary N) is 1. The average Bonchev–Trinajstić information content (AvgIpc) is 2.60. The van der Waals surface area contributed by atoms with E-state index in [1.807, 2.05) is 13.8 Å². The van der Waals surface area contributed by atoms with Crippen molar-refractivity contribution in [1.29, 1.82) is 0 Å². The van der Waals surface area contributed by atoms with Crippen LogP contribution in [-0.2, 0) is 14.3 Å². The van der Waals surface area contributed by atoms with E-state index in [0.717, 1.165) is 12.8 Å². The maximum Gasteiger partial charge on any atom is 0.328 e. The molecule has 1 amide bonds. The molecule has 24 heavy (non-hydrogen) atoms. The van der Waals surface area contributed by atoms with Crippen LogP contribution in [0.25, 0.3) is 0 Å². The molecule has 0 saturated carbocycles. The van der Waals surface area contributed by atoms with Gasteiger partial charge in [0.2, 0.25) is 5.88 Å². The first-order valence-electron chi connectivity index (χ1n) is 8.10. The van der Waals surface area contributed by atoms with Gasteiger partial charge < -0.3 is 19.5 Å². The normalized spacial score (nSPS) is 16.5. The van der Waals surface area contributed by atoms with E-state index in [-0.39, 0.29) is 17.9 Å². The molecule has 1 N–H and O–H groups in total. The molecule has 0 unspecified atom stereocenters. The highest BCUT2D eigenvalue weighted by Crippen LogP contribution is 2.16. The predicted octanol–water partition coefficient (Wildman–Crippen LogP) is 1.57. The van der Waals surface area contributed by atoms with Crippen LogP contribution in [0.2, 0.25) is 0 Å². The van der Waals surface area contributed by atoms with E-state index in [4.69, 9.17) is 14.2 Å². The molecule has 1 atom stereocenters. The summed E-state index contributed by atoms with van der Waals surface area (Å²) in [6.45, 7) is 5.06. The molecule has 2 heterocycles. The molecule has 0 bridgehead atoms. The number of methoxy groups -OCH3 is 1. The van der Waals surface area contributed by atoms with Crippen molar-refractivity contribution in [1.82, 2.24) is 10.3 Å². The summed E-state index contributed by atoms with van der Waals surface area (Å²) in [7, 11) is 1.30. The molecule has 132 valence electrons. The van der Waals surface area contributed by atoms with Crippen molar-refractivity contribution in [3.63, 3.8) is 0 Å². The molecule has 1 aromatic rings. The second kappa shape index (κ2) is 8.63. The van der Waals surface area contributed by atoms with E-state index in [0.29, 0.717) is 24.7 Å². The highest BCUT2D eigenvalue weighted by molar-refractivity contribution is 5.96. The summed E-state index contributed by atoms with van der Waals surface area (Å²) in [5, 5.41) is 2.67. The van der Waals surface area contributed by atoms with Crippen molar-refractivity contribution < 1.29 is 23.8 Å². The summed E-state index contributed by atoms with van der Waals surface area (Å²) in [5.74, 6) is -0.438. The fourth-order valence-corrected chi connectivity index (χ4v) is 2.40. The van der Waals surface area contributed by atoms with Crippen molar-refractivity contribution >= 4 is 11.9 Å². The van der Waals surface area contributed by atoms with Crippen LogP contribution in [-0.4, -0.2) is 49.3 Å². The second-order valence-electron chi connectivity index (χ2n) is 6.03. The van der Waals surface area contributed by atoms with Gasteiger partial charge in [0.15, 0.2) is 0 Å². The molecule has 0 radical (unpaired) electrons. The van der Waals surface area contributed by atoms with Crippen molar-refractivity contribution in [2.24, 2.45) is 5.92 Å². The fraction of sp³-hybridized carbons (Fsp3) is 0.588. The van der Waals surface area contributed by atoms with Crippen LogP contribution >= 0.6 is 0 Å². The molecule has 1 aliphatic heterocycles. The van der Waals surface area contributed by atoms with E-state index < -0.39 is 12.0 Å². The molecule has 1 aromatic heterocycles. The Morgan fingerprint density at radius 1 is 1.29 bits per heavy atom. The topological polar surface area (TPSA) is 86.8 Å². The number of hydrogen-bond acceptors (Lipinski definition) is 6. The van der Waals surface area contributed by atoms with Gasteiger partial charge in [0.25, 0.3) is 5.91 Å². The zero-order valence-electron chi connectivity index (χ0n) is 14.3. The third-order valence-corrected chi connectivity index (χ3v) is 3.86. The Hall–Kier alpha value is -2.15. The van der Waals surface area contributed by atoms with Gasteiger partial charge in [-0.05, 0) is 12.0 Å². The summed E-state index contributed by atoms with van der Waals surface area (Å²) in [6, 6.07) is 2.60. The Labute approximate surface area is 141 Å². The van der Waals surface area contributed by atoms with Crippen molar-refractivity contribution in [2.45, 2.75) is 38.8 Å². The van der Waals surface area contributed by atoms with Gasteiger partial charge in [0.05, 0.1) is 25.9 Å². The van der Waals surface area contributed by atoms with E-state index >= 15 is 0 Å². The zero-order chi connectivity index (χ0) is 17.5. The fourth-order valence-electron chi connectivity index (χ4n) is 2.40. The molecule has 7 nitrogen and oxygen atoms in total. The van der Waals surface area contributed by atoms with Gasteiger partial charge in [-0.3, -0.25) is 4.79 Å². The van der Waals surface area contributed by atoms with Gasteiger partial charge in [0.1, 0.15) is 12.1 Å². The summed E-state index contributed by atoms with van der Waals surface area (Å²) in [6.07, 6.45) is 3.20. The third kappa shape index (κ3) is 4.92. The molecular weight excluding hydrogens is 312 g/mol. The van der Waals surface area contributed by atoms with Gasteiger partial charge in [-0.15, -0.1) is 0 Å². The number of hydrogen-bond donors (Lipinski definition) is 1. The van der Waals surface area contributed by atoms with Crippen molar-refractivity contribution in [2.75, 3.05) is 20.3 Å². The Bertz CT molecular complexity index is 553. The molecule has 1 aliphatic rings. The summed E-state index contributed by atoms with van der Waals surface area (Å²) in [4.78, 5) is 28.1. The molecule has 1 saturated heterocycles. The minimum atomic E-state index is -0.694. The lowest BCUT2D eigenvalue weighted by atomic mass is 10.0. The molecule has 1 fully saturated rings. The second-order valence-corrected chi connectivity index (χ2v) is 6.03. The maximum atomic E-state index is 12.3. The van der Waals surface area contributed by atoms with Crippen LogP contribution in [0.1, 0.15) is 37.0 Å². The number of amides is 1. The van der Waals surface area contributed by atoms with E-state index in [1.165, 1.54) is 13.3 Å². The summed E-state index contributed by atoms with van der Waals surface area (Å²) < 4.78 is 15.8. The van der Waals surface area contributed by atoms with Gasteiger partial charge in [0, 0.05) is 25.1 Å². The number of aromatic nitrogens is 1. The molecule has 7 heteroatoms. The van der Waals surface area contributed by atoms with Crippen LogP contribution in [0.15, 0.2) is 18.3 Å². The van der Waals surface area contributed by atoms with E-state index in [1.54, 1.807) is 12.1 Å². The van der Waals surface area contributed by atoms with Gasteiger partial charge in [-0.2, -0.15) is 0 Å². The Morgan fingerprint density at radius 3 is 2.54 bits per heavy atom. The quantitative estimate of drug-likeness (QED) is 0.794. The largest absolute Gasteiger partial charge is 0.474 e. The monoisotopic (exact) mass is 336 g/mol. The average molecular weight is 336 g/mol. The van der Waals surface area contributed by atoms with Gasteiger partial charge >= 0.3 is 5.97 Å². The van der Waals surface area contributed by atoms with Gasteiger partial charge in [-0.25, -0.2) is 9.78 Å². The summed E-state index contributed by atoms with van der Waals surface area (Å²) in [5.41, 5.74) is 0.365. The van der Waals surface area contributed by atoms with Crippen LogP contribution < -0.4 is 10.1 Å². The van der Waals surface area contributed by atoms with Gasteiger partial charge in [-0.1, -0.05) is 13.8 Å². The van der Waals surface area contributed by atoms with Crippen LogP contribution in [0.3, 0.4) is 0 Å². The van der Waals surface area contributed by atoms with E-state index in [2.05, 4.69) is 10.3 Å². The lowest BCUT2D eigenvalue weighted by Gasteiger charge is -2.22. The first kappa shape index (κ1) is 18.2. The Morgan fingerprint density at radius 2 is 2.00 bits per heavy atom. The van der Waals surface area contributed by atoms with Crippen LogP contribution in [0.4, 0.5) is 0 Å². The SMILES string of the molecule is COC(=O)[C@@H](NC(=O)c1ccc(OC2CCOCC2)nc1)C(C)C. The summed E-state index contributed by atoms with van der Waals surface area (Å²) >= 11 is 0. The number of esters is 1. The first-order chi connectivity index (χ1) is 11.5. The first-order valence-corrected chi connectivity index (χ1v) is 8.10. The lowest BCUT2D eigenvalue weighted by molar-refractivity contribution is -0.144.